The van der Waals surface area contributed by atoms with Gasteiger partial charge in [0.2, 0.25) is 11.8 Å². The molecule has 39 heavy (non-hydrogen) atoms. The van der Waals surface area contributed by atoms with Gasteiger partial charge in [0.15, 0.2) is 0 Å². The molecule has 2 amide bonds. The number of carbonyl (C=O) groups excluding carboxylic acids is 2. The number of primary amides is 1. The molecule has 2 saturated heterocycles. The SMILES string of the molecule is CCC(F)(CC)CN1CCC(COc2ccc(-c3ccc(C(=O)N4CC(O)CC4(C)C(N)=O)cc3)cn2)CC1. The van der Waals surface area contributed by atoms with Gasteiger partial charge < -0.3 is 25.4 Å². The maximum atomic E-state index is 14.7. The second-order valence-corrected chi connectivity index (χ2v) is 11.3. The highest BCUT2D eigenvalue weighted by Gasteiger charge is 2.48. The van der Waals surface area contributed by atoms with Gasteiger partial charge in [-0.25, -0.2) is 9.37 Å². The number of β-amino-alcohol motifs (C(OH)–C–C–N with tert-alkyl or cyclic N) is 1. The number of benzene rings is 1. The van der Waals surface area contributed by atoms with E-state index in [9.17, 15) is 19.1 Å². The third kappa shape index (κ3) is 6.58. The minimum atomic E-state index is -1.21. The van der Waals surface area contributed by atoms with Crippen molar-refractivity contribution < 1.29 is 23.8 Å². The Hall–Kier alpha value is -3.04. The van der Waals surface area contributed by atoms with Crippen LogP contribution < -0.4 is 10.5 Å². The molecule has 1 aromatic heterocycles. The van der Waals surface area contributed by atoms with E-state index in [4.69, 9.17) is 10.5 Å². The molecule has 2 aromatic rings. The van der Waals surface area contributed by atoms with Crippen LogP contribution in [0.3, 0.4) is 0 Å². The molecule has 3 heterocycles. The van der Waals surface area contributed by atoms with Crippen molar-refractivity contribution in [2.24, 2.45) is 11.7 Å². The molecule has 1 aromatic carbocycles. The van der Waals surface area contributed by atoms with Crippen LogP contribution in [-0.2, 0) is 4.79 Å². The van der Waals surface area contributed by atoms with E-state index in [1.807, 2.05) is 38.1 Å². The van der Waals surface area contributed by atoms with Crippen LogP contribution in [0, 0.1) is 5.92 Å². The largest absolute Gasteiger partial charge is 0.477 e. The molecule has 0 saturated carbocycles. The predicted molar refractivity (Wildman–Crippen MR) is 148 cm³/mol. The van der Waals surface area contributed by atoms with Crippen molar-refractivity contribution in [3.63, 3.8) is 0 Å². The highest BCUT2D eigenvalue weighted by atomic mass is 19.1. The molecule has 212 valence electrons. The van der Waals surface area contributed by atoms with Crippen molar-refractivity contribution >= 4 is 11.8 Å². The Balaban J connectivity index is 1.29. The summed E-state index contributed by atoms with van der Waals surface area (Å²) in [6.45, 7) is 8.39. The summed E-state index contributed by atoms with van der Waals surface area (Å²) in [7, 11) is 0. The smallest absolute Gasteiger partial charge is 0.254 e. The van der Waals surface area contributed by atoms with Gasteiger partial charge in [-0.1, -0.05) is 26.0 Å². The standard InChI is InChI=1S/C30H41FN4O4/c1-4-30(31,5-2)20-34-14-12-21(13-15-34)19-39-26-11-10-24(17-33-26)22-6-8-23(9-7-22)27(37)35-18-25(36)16-29(35,3)28(32)38/h6-11,17,21,25,36H,4-5,12-16,18-20H2,1-3H3,(H2,32,38). The zero-order valence-corrected chi connectivity index (χ0v) is 23.2. The Morgan fingerprint density at radius 2 is 1.77 bits per heavy atom. The van der Waals surface area contributed by atoms with Crippen molar-refractivity contribution in [3.05, 3.63) is 48.2 Å². The summed E-state index contributed by atoms with van der Waals surface area (Å²) in [5.74, 6) is 0.0192. The maximum Gasteiger partial charge on any atom is 0.254 e. The van der Waals surface area contributed by atoms with Crippen molar-refractivity contribution in [2.45, 2.75) is 70.2 Å². The average molecular weight is 541 g/mol. The van der Waals surface area contributed by atoms with Crippen LogP contribution >= 0.6 is 0 Å². The quantitative estimate of drug-likeness (QED) is 0.474. The van der Waals surface area contributed by atoms with Crippen LogP contribution in [0.15, 0.2) is 42.6 Å². The lowest BCUT2D eigenvalue weighted by molar-refractivity contribution is -0.126. The minimum absolute atomic E-state index is 0.0700. The molecule has 2 unspecified atom stereocenters. The lowest BCUT2D eigenvalue weighted by Crippen LogP contribution is -2.53. The number of hydrogen-bond donors (Lipinski definition) is 2. The topological polar surface area (TPSA) is 109 Å². The molecule has 0 spiro atoms. The Kier molecular flexibility index (Phi) is 8.91. The zero-order chi connectivity index (χ0) is 28.2. The first-order valence-electron chi connectivity index (χ1n) is 14.0. The number of aliphatic hydroxyl groups excluding tert-OH is 1. The highest BCUT2D eigenvalue weighted by molar-refractivity contribution is 5.99. The number of hydrogen-bond acceptors (Lipinski definition) is 6. The van der Waals surface area contributed by atoms with E-state index in [1.54, 1.807) is 25.3 Å². The minimum Gasteiger partial charge on any atom is -0.477 e. The Morgan fingerprint density at radius 1 is 1.13 bits per heavy atom. The van der Waals surface area contributed by atoms with Crippen LogP contribution in [0.2, 0.25) is 0 Å². The average Bonchev–Trinajstić information content (AvgIpc) is 3.27. The van der Waals surface area contributed by atoms with E-state index in [2.05, 4.69) is 9.88 Å². The number of alkyl halides is 1. The number of nitrogens with zero attached hydrogens (tertiary/aromatic N) is 3. The van der Waals surface area contributed by atoms with Crippen LogP contribution in [0.4, 0.5) is 4.39 Å². The summed E-state index contributed by atoms with van der Waals surface area (Å²) in [5.41, 5.74) is 5.43. The van der Waals surface area contributed by atoms with Crippen molar-refractivity contribution in [1.82, 2.24) is 14.8 Å². The molecule has 2 aliphatic heterocycles. The number of pyridine rings is 1. The van der Waals surface area contributed by atoms with Gasteiger partial charge in [0, 0.05) is 42.9 Å². The van der Waals surface area contributed by atoms with Crippen molar-refractivity contribution in [3.8, 4) is 17.0 Å². The van der Waals surface area contributed by atoms with E-state index >= 15 is 0 Å². The Morgan fingerprint density at radius 3 is 2.33 bits per heavy atom. The van der Waals surface area contributed by atoms with Crippen molar-refractivity contribution in [1.29, 1.82) is 0 Å². The second kappa shape index (κ2) is 12.0. The highest BCUT2D eigenvalue weighted by Crippen LogP contribution is 2.31. The van der Waals surface area contributed by atoms with E-state index in [0.717, 1.165) is 37.1 Å². The molecule has 0 aliphatic carbocycles. The van der Waals surface area contributed by atoms with E-state index < -0.39 is 23.2 Å². The van der Waals surface area contributed by atoms with Crippen molar-refractivity contribution in [2.75, 3.05) is 32.8 Å². The van der Waals surface area contributed by atoms with Crippen LogP contribution in [-0.4, -0.2) is 81.8 Å². The summed E-state index contributed by atoms with van der Waals surface area (Å²) in [4.78, 5) is 33.1. The first-order valence-corrected chi connectivity index (χ1v) is 14.0. The van der Waals surface area contributed by atoms with Crippen LogP contribution in [0.25, 0.3) is 11.1 Å². The van der Waals surface area contributed by atoms with E-state index in [0.29, 0.717) is 43.4 Å². The number of nitrogens with two attached hydrogens (primary N) is 1. The summed E-state index contributed by atoms with van der Waals surface area (Å²) < 4.78 is 20.7. The molecule has 2 atom stereocenters. The fourth-order valence-corrected chi connectivity index (χ4v) is 5.57. The number of aliphatic hydroxyl groups is 1. The fraction of sp³-hybridized carbons (Fsp3) is 0.567. The fourth-order valence-electron chi connectivity index (χ4n) is 5.57. The van der Waals surface area contributed by atoms with E-state index in [-0.39, 0.29) is 18.9 Å². The number of piperidine rings is 1. The summed E-state index contributed by atoms with van der Waals surface area (Å²) in [6.07, 6.45) is 4.17. The zero-order valence-electron chi connectivity index (χ0n) is 23.2. The second-order valence-electron chi connectivity index (χ2n) is 11.3. The normalized spacial score (nSPS) is 22.7. The number of halogens is 1. The first-order chi connectivity index (χ1) is 18.6. The molecule has 3 N–H and O–H groups in total. The molecular weight excluding hydrogens is 499 g/mol. The van der Waals surface area contributed by atoms with Crippen LogP contribution in [0.5, 0.6) is 5.88 Å². The summed E-state index contributed by atoms with van der Waals surface area (Å²) in [5, 5.41) is 10.0. The van der Waals surface area contributed by atoms with Gasteiger partial charge >= 0.3 is 0 Å². The molecule has 2 fully saturated rings. The molecule has 0 bridgehead atoms. The summed E-state index contributed by atoms with van der Waals surface area (Å²) in [6, 6.07) is 10.8. The van der Waals surface area contributed by atoms with E-state index in [1.165, 1.54) is 4.90 Å². The lowest BCUT2D eigenvalue weighted by Gasteiger charge is -2.36. The molecular formula is C30H41FN4O4. The molecule has 2 aliphatic rings. The number of carbonyl (C=O) groups is 2. The lowest BCUT2D eigenvalue weighted by atomic mass is 9.94. The molecule has 4 rings (SSSR count). The third-order valence-corrected chi connectivity index (χ3v) is 8.55. The monoisotopic (exact) mass is 540 g/mol. The van der Waals surface area contributed by atoms with Gasteiger partial charge in [-0.2, -0.15) is 0 Å². The van der Waals surface area contributed by atoms with Gasteiger partial charge in [0.1, 0.15) is 11.2 Å². The molecule has 8 nitrogen and oxygen atoms in total. The Bertz CT molecular complexity index is 1130. The number of rotatable bonds is 10. The van der Waals surface area contributed by atoms with Gasteiger partial charge in [-0.15, -0.1) is 0 Å². The number of likely N-dealkylation sites (tertiary alicyclic amines) is 2. The van der Waals surface area contributed by atoms with Gasteiger partial charge in [-0.3, -0.25) is 9.59 Å². The third-order valence-electron chi connectivity index (χ3n) is 8.55. The number of amides is 2. The first kappa shape index (κ1) is 29.0. The van der Waals surface area contributed by atoms with Crippen LogP contribution in [0.1, 0.15) is 63.2 Å². The number of aromatic nitrogens is 1. The van der Waals surface area contributed by atoms with Gasteiger partial charge in [0.25, 0.3) is 5.91 Å². The number of ether oxygens (including phenoxy) is 1. The summed E-state index contributed by atoms with van der Waals surface area (Å²) >= 11 is 0. The molecule has 0 radical (unpaired) electrons. The predicted octanol–water partition coefficient (Wildman–Crippen LogP) is 3.82. The molecule has 9 heteroatoms. The van der Waals surface area contributed by atoms with Gasteiger partial charge in [0.05, 0.1) is 12.7 Å². The Labute approximate surface area is 230 Å². The van der Waals surface area contributed by atoms with Gasteiger partial charge in [-0.05, 0) is 75.4 Å². The maximum absolute atomic E-state index is 14.7.